The molecule has 2 aromatic rings. The molecule has 128 valence electrons. The molecule has 0 N–H and O–H groups in total. The molecule has 0 aliphatic rings. The molecule has 0 amide bonds. The Bertz CT molecular complexity index is 700. The standard InChI is InChI=1S/C21H23F3/c1-3-5-7-19(22)21(24)18-13-12-17(14-20(18)23)16-10-8-15(6-4-2)9-11-16/h8-14H,3-7H2,1-2H3/b21-19+. The summed E-state index contributed by atoms with van der Waals surface area (Å²) in [6.07, 6.45) is 3.38. The number of halogens is 3. The summed E-state index contributed by atoms with van der Waals surface area (Å²) in [4.78, 5) is 0. The lowest BCUT2D eigenvalue weighted by Crippen LogP contribution is -1.91. The highest BCUT2D eigenvalue weighted by atomic mass is 19.2. The topological polar surface area (TPSA) is 0 Å². The van der Waals surface area contributed by atoms with E-state index >= 15 is 0 Å². The second kappa shape index (κ2) is 8.72. The fraction of sp³-hybridized carbons (Fsp3) is 0.333. The highest BCUT2D eigenvalue weighted by Crippen LogP contribution is 2.30. The normalized spacial score (nSPS) is 12.2. The Morgan fingerprint density at radius 3 is 2.12 bits per heavy atom. The molecule has 0 aliphatic heterocycles. The Morgan fingerprint density at radius 1 is 0.875 bits per heavy atom. The van der Waals surface area contributed by atoms with Gasteiger partial charge in [0.1, 0.15) is 11.6 Å². The number of benzene rings is 2. The van der Waals surface area contributed by atoms with Crippen molar-refractivity contribution in [3.05, 3.63) is 65.2 Å². The average molecular weight is 332 g/mol. The molecule has 0 aliphatic carbocycles. The van der Waals surface area contributed by atoms with Crippen LogP contribution in [0.25, 0.3) is 17.0 Å². The SMILES string of the molecule is CCCC/C(F)=C(\F)c1ccc(-c2ccc(CCC)cc2)cc1F. The molecule has 2 rings (SSSR count). The second-order valence-electron chi connectivity index (χ2n) is 5.96. The molecule has 24 heavy (non-hydrogen) atoms. The monoisotopic (exact) mass is 332 g/mol. The van der Waals surface area contributed by atoms with E-state index in [1.54, 1.807) is 6.07 Å². The first-order valence-electron chi connectivity index (χ1n) is 8.50. The second-order valence-corrected chi connectivity index (χ2v) is 5.96. The number of hydrogen-bond acceptors (Lipinski definition) is 0. The third kappa shape index (κ3) is 4.50. The fourth-order valence-electron chi connectivity index (χ4n) is 2.61. The number of rotatable bonds is 7. The van der Waals surface area contributed by atoms with Gasteiger partial charge in [-0.15, -0.1) is 0 Å². The molecule has 0 saturated carbocycles. The van der Waals surface area contributed by atoms with Crippen LogP contribution in [0.3, 0.4) is 0 Å². The van der Waals surface area contributed by atoms with Crippen LogP contribution < -0.4 is 0 Å². The maximum Gasteiger partial charge on any atom is 0.164 e. The van der Waals surface area contributed by atoms with Crippen molar-refractivity contribution in [1.82, 2.24) is 0 Å². The van der Waals surface area contributed by atoms with Gasteiger partial charge in [0, 0.05) is 12.0 Å². The van der Waals surface area contributed by atoms with E-state index in [-0.39, 0.29) is 12.0 Å². The van der Waals surface area contributed by atoms with Gasteiger partial charge in [0.25, 0.3) is 0 Å². The average Bonchev–Trinajstić information content (AvgIpc) is 2.60. The molecule has 2 aromatic carbocycles. The van der Waals surface area contributed by atoms with Gasteiger partial charge in [-0.25, -0.2) is 13.2 Å². The van der Waals surface area contributed by atoms with E-state index in [9.17, 15) is 13.2 Å². The number of allylic oxidation sites excluding steroid dienone is 1. The molecule has 0 heterocycles. The fourth-order valence-corrected chi connectivity index (χ4v) is 2.61. The zero-order valence-corrected chi connectivity index (χ0v) is 14.2. The van der Waals surface area contributed by atoms with Crippen LogP contribution in [-0.4, -0.2) is 0 Å². The van der Waals surface area contributed by atoms with Gasteiger partial charge < -0.3 is 0 Å². The molecule has 0 fully saturated rings. The van der Waals surface area contributed by atoms with Crippen LogP contribution in [0.5, 0.6) is 0 Å². The molecule has 0 spiro atoms. The predicted octanol–water partition coefficient (Wildman–Crippen LogP) is 7.24. The first kappa shape index (κ1) is 18.3. The first-order chi connectivity index (χ1) is 11.6. The minimum atomic E-state index is -1.09. The summed E-state index contributed by atoms with van der Waals surface area (Å²) < 4.78 is 42.0. The molecular weight excluding hydrogens is 309 g/mol. The van der Waals surface area contributed by atoms with Crippen LogP contribution >= 0.6 is 0 Å². The van der Waals surface area contributed by atoms with Gasteiger partial charge in [-0.1, -0.05) is 57.0 Å². The van der Waals surface area contributed by atoms with Crippen molar-refractivity contribution in [1.29, 1.82) is 0 Å². The number of aryl methyl sites for hydroxylation is 1. The number of hydrogen-bond donors (Lipinski definition) is 0. The Morgan fingerprint density at radius 2 is 1.54 bits per heavy atom. The number of unbranched alkanes of at least 4 members (excludes halogenated alkanes) is 1. The Kier molecular flexibility index (Phi) is 6.65. The molecule has 0 radical (unpaired) electrons. The van der Waals surface area contributed by atoms with Crippen LogP contribution in [0.1, 0.15) is 50.7 Å². The molecule has 0 saturated heterocycles. The lowest BCUT2D eigenvalue weighted by molar-refractivity contribution is 0.542. The van der Waals surface area contributed by atoms with Crippen molar-refractivity contribution in [2.75, 3.05) is 0 Å². The van der Waals surface area contributed by atoms with E-state index in [1.165, 1.54) is 17.7 Å². The van der Waals surface area contributed by atoms with Crippen molar-refractivity contribution in [2.45, 2.75) is 46.0 Å². The summed E-state index contributed by atoms with van der Waals surface area (Å²) in [5, 5.41) is 0. The predicted molar refractivity (Wildman–Crippen MR) is 94.5 cm³/mol. The quantitative estimate of drug-likeness (QED) is 0.501. The summed E-state index contributed by atoms with van der Waals surface area (Å²) in [6, 6.07) is 12.1. The summed E-state index contributed by atoms with van der Waals surface area (Å²) in [5.41, 5.74) is 2.43. The van der Waals surface area contributed by atoms with E-state index in [2.05, 4.69) is 6.92 Å². The molecular formula is C21H23F3. The van der Waals surface area contributed by atoms with E-state index in [1.807, 2.05) is 31.2 Å². The third-order valence-corrected chi connectivity index (χ3v) is 4.02. The van der Waals surface area contributed by atoms with E-state index in [0.29, 0.717) is 12.0 Å². The summed E-state index contributed by atoms with van der Waals surface area (Å²) in [7, 11) is 0. The lowest BCUT2D eigenvalue weighted by Gasteiger charge is -2.07. The maximum absolute atomic E-state index is 14.2. The maximum atomic E-state index is 14.2. The minimum Gasteiger partial charge on any atom is -0.209 e. The van der Waals surface area contributed by atoms with Crippen molar-refractivity contribution in [3.8, 4) is 11.1 Å². The van der Waals surface area contributed by atoms with Gasteiger partial charge in [0.15, 0.2) is 5.83 Å². The molecule has 0 aromatic heterocycles. The van der Waals surface area contributed by atoms with Crippen LogP contribution in [0, 0.1) is 5.82 Å². The van der Waals surface area contributed by atoms with Gasteiger partial charge in [0.05, 0.1) is 0 Å². The molecule has 0 bridgehead atoms. The summed E-state index contributed by atoms with van der Waals surface area (Å²) in [6.45, 7) is 4.01. The van der Waals surface area contributed by atoms with E-state index in [0.717, 1.165) is 24.8 Å². The first-order valence-corrected chi connectivity index (χ1v) is 8.50. The van der Waals surface area contributed by atoms with Crippen molar-refractivity contribution < 1.29 is 13.2 Å². The molecule has 0 atom stereocenters. The summed E-state index contributed by atoms with van der Waals surface area (Å²) >= 11 is 0. The van der Waals surface area contributed by atoms with Gasteiger partial charge in [-0.05, 0) is 41.7 Å². The Balaban J connectivity index is 2.26. The smallest absolute Gasteiger partial charge is 0.164 e. The van der Waals surface area contributed by atoms with Crippen LogP contribution in [0.2, 0.25) is 0 Å². The van der Waals surface area contributed by atoms with E-state index in [4.69, 9.17) is 0 Å². The van der Waals surface area contributed by atoms with Gasteiger partial charge in [-0.3, -0.25) is 0 Å². The Hall–Kier alpha value is -2.03. The zero-order valence-electron chi connectivity index (χ0n) is 14.2. The van der Waals surface area contributed by atoms with Gasteiger partial charge in [-0.2, -0.15) is 0 Å². The highest BCUT2D eigenvalue weighted by molar-refractivity contribution is 5.69. The zero-order chi connectivity index (χ0) is 17.5. The van der Waals surface area contributed by atoms with Crippen molar-refractivity contribution >= 4 is 5.83 Å². The third-order valence-electron chi connectivity index (χ3n) is 4.02. The van der Waals surface area contributed by atoms with Crippen LogP contribution in [-0.2, 0) is 6.42 Å². The summed E-state index contributed by atoms with van der Waals surface area (Å²) in [5.74, 6) is -2.72. The van der Waals surface area contributed by atoms with E-state index < -0.39 is 17.5 Å². The minimum absolute atomic E-state index is 0.00240. The van der Waals surface area contributed by atoms with Crippen molar-refractivity contribution in [2.24, 2.45) is 0 Å². The van der Waals surface area contributed by atoms with Crippen molar-refractivity contribution in [3.63, 3.8) is 0 Å². The molecule has 3 heteroatoms. The Labute approximate surface area is 142 Å². The van der Waals surface area contributed by atoms with Gasteiger partial charge in [0.2, 0.25) is 0 Å². The highest BCUT2D eigenvalue weighted by Gasteiger charge is 2.14. The lowest BCUT2D eigenvalue weighted by atomic mass is 10.00. The van der Waals surface area contributed by atoms with Crippen LogP contribution in [0.15, 0.2) is 48.3 Å². The molecule has 0 unspecified atom stereocenters. The largest absolute Gasteiger partial charge is 0.209 e. The molecule has 0 nitrogen and oxygen atoms in total. The van der Waals surface area contributed by atoms with Crippen LogP contribution in [0.4, 0.5) is 13.2 Å². The van der Waals surface area contributed by atoms with Gasteiger partial charge >= 0.3 is 0 Å².